The predicted molar refractivity (Wildman–Crippen MR) is 99.1 cm³/mol. The monoisotopic (exact) mass is 311 g/mol. The highest BCUT2D eigenvalue weighted by atomic mass is 16.6. The van der Waals surface area contributed by atoms with Gasteiger partial charge in [-0.25, -0.2) is 5.48 Å². The van der Waals surface area contributed by atoms with Crippen molar-refractivity contribution >= 4 is 0 Å². The molecular weight excluding hydrogens is 270 g/mol. The van der Waals surface area contributed by atoms with Crippen molar-refractivity contribution in [2.75, 3.05) is 13.2 Å². The van der Waals surface area contributed by atoms with Crippen molar-refractivity contribution in [3.05, 3.63) is 12.2 Å². The molecule has 2 nitrogen and oxygen atoms in total. The molecule has 0 saturated carbocycles. The van der Waals surface area contributed by atoms with E-state index in [4.69, 9.17) is 4.84 Å². The van der Waals surface area contributed by atoms with Gasteiger partial charge in [0.2, 0.25) is 0 Å². The molecule has 0 radical (unpaired) electrons. The molecule has 0 heterocycles. The second-order valence-corrected chi connectivity index (χ2v) is 6.27. The molecule has 0 aliphatic rings. The largest absolute Gasteiger partial charge is 0.302 e. The molecule has 0 rings (SSSR count). The number of allylic oxidation sites excluding steroid dienone is 2. The Labute approximate surface area is 140 Å². The Kier molecular flexibility index (Phi) is 20.3. The van der Waals surface area contributed by atoms with Gasteiger partial charge < -0.3 is 4.84 Å². The van der Waals surface area contributed by atoms with Gasteiger partial charge in [-0.1, -0.05) is 76.9 Å². The van der Waals surface area contributed by atoms with Crippen LogP contribution in [0.3, 0.4) is 0 Å². The molecule has 0 aliphatic heterocycles. The summed E-state index contributed by atoms with van der Waals surface area (Å²) in [5.74, 6) is 0. The van der Waals surface area contributed by atoms with Crippen LogP contribution in [0.2, 0.25) is 0 Å². The summed E-state index contributed by atoms with van der Waals surface area (Å²) in [5.41, 5.74) is 2.98. The van der Waals surface area contributed by atoms with Gasteiger partial charge in [0, 0.05) is 6.54 Å². The average Bonchev–Trinajstić information content (AvgIpc) is 2.54. The Hall–Kier alpha value is -0.340. The second kappa shape index (κ2) is 20.7. The van der Waals surface area contributed by atoms with E-state index >= 15 is 0 Å². The van der Waals surface area contributed by atoms with Gasteiger partial charge in [0.1, 0.15) is 0 Å². The zero-order valence-corrected chi connectivity index (χ0v) is 15.4. The van der Waals surface area contributed by atoms with E-state index in [1.807, 2.05) is 6.92 Å². The van der Waals surface area contributed by atoms with Gasteiger partial charge in [-0.2, -0.15) is 0 Å². The summed E-state index contributed by atoms with van der Waals surface area (Å²) in [7, 11) is 0. The van der Waals surface area contributed by atoms with Crippen molar-refractivity contribution in [1.29, 1.82) is 0 Å². The first-order valence-electron chi connectivity index (χ1n) is 9.91. The highest BCUT2D eigenvalue weighted by Crippen LogP contribution is 2.09. The molecule has 0 saturated heterocycles. The standard InChI is InChI=1S/C20H41NO/c1-3-5-6-7-8-9-10-11-12-13-14-15-16-17-18-19-20-21-22-4-2/h11-12,21H,3-10,13-20H2,1-2H3/b12-11-. The van der Waals surface area contributed by atoms with E-state index in [1.165, 1.54) is 89.9 Å². The highest BCUT2D eigenvalue weighted by Gasteiger charge is 1.91. The quantitative estimate of drug-likeness (QED) is 0.176. The molecule has 0 spiro atoms. The lowest BCUT2D eigenvalue weighted by molar-refractivity contribution is 0.0500. The maximum Gasteiger partial charge on any atom is 0.0653 e. The van der Waals surface area contributed by atoms with Crippen LogP contribution in [0.4, 0.5) is 0 Å². The van der Waals surface area contributed by atoms with Crippen LogP contribution < -0.4 is 5.48 Å². The molecule has 2 heteroatoms. The zero-order valence-electron chi connectivity index (χ0n) is 15.4. The minimum Gasteiger partial charge on any atom is -0.302 e. The molecule has 0 unspecified atom stereocenters. The summed E-state index contributed by atoms with van der Waals surface area (Å²) in [5, 5.41) is 0. The molecule has 0 aromatic heterocycles. The van der Waals surface area contributed by atoms with Gasteiger partial charge in [0.15, 0.2) is 0 Å². The van der Waals surface area contributed by atoms with Gasteiger partial charge >= 0.3 is 0 Å². The SMILES string of the molecule is CCCCCCCC/C=C\CCCCCCCCNOCC. The molecular formula is C20H41NO. The molecule has 0 amide bonds. The third kappa shape index (κ3) is 19.7. The van der Waals surface area contributed by atoms with Crippen LogP contribution in [-0.2, 0) is 4.84 Å². The second-order valence-electron chi connectivity index (χ2n) is 6.27. The molecule has 0 fully saturated rings. The number of hydroxylamine groups is 1. The minimum absolute atomic E-state index is 0.756. The number of rotatable bonds is 18. The maximum atomic E-state index is 5.10. The molecule has 0 aliphatic carbocycles. The van der Waals surface area contributed by atoms with Crippen molar-refractivity contribution in [3.8, 4) is 0 Å². The molecule has 0 atom stereocenters. The van der Waals surface area contributed by atoms with Gasteiger partial charge in [-0.05, 0) is 39.0 Å². The van der Waals surface area contributed by atoms with Crippen LogP contribution in [0.25, 0.3) is 0 Å². The smallest absolute Gasteiger partial charge is 0.0653 e. The summed E-state index contributed by atoms with van der Waals surface area (Å²) in [6.45, 7) is 6.04. The maximum absolute atomic E-state index is 5.10. The summed E-state index contributed by atoms with van der Waals surface area (Å²) in [4.78, 5) is 5.10. The van der Waals surface area contributed by atoms with Crippen LogP contribution in [0.1, 0.15) is 104 Å². The van der Waals surface area contributed by atoms with Crippen molar-refractivity contribution < 1.29 is 4.84 Å². The van der Waals surface area contributed by atoms with Gasteiger partial charge in [0.05, 0.1) is 6.61 Å². The van der Waals surface area contributed by atoms with E-state index in [0.717, 1.165) is 13.2 Å². The first-order chi connectivity index (χ1) is 10.9. The highest BCUT2D eigenvalue weighted by molar-refractivity contribution is 4.81. The van der Waals surface area contributed by atoms with Crippen LogP contribution >= 0.6 is 0 Å². The minimum atomic E-state index is 0.756. The fraction of sp³-hybridized carbons (Fsp3) is 0.900. The van der Waals surface area contributed by atoms with E-state index in [0.29, 0.717) is 0 Å². The Morgan fingerprint density at radius 2 is 1.14 bits per heavy atom. The summed E-state index contributed by atoms with van der Waals surface area (Å²) >= 11 is 0. The Morgan fingerprint density at radius 1 is 0.636 bits per heavy atom. The Bertz CT molecular complexity index is 216. The van der Waals surface area contributed by atoms with E-state index in [-0.39, 0.29) is 0 Å². The lowest BCUT2D eigenvalue weighted by atomic mass is 10.1. The topological polar surface area (TPSA) is 21.3 Å². The lowest BCUT2D eigenvalue weighted by Gasteiger charge is -2.03. The summed E-state index contributed by atoms with van der Waals surface area (Å²) in [6, 6.07) is 0. The number of hydrogen-bond acceptors (Lipinski definition) is 2. The number of nitrogens with one attached hydrogen (secondary N) is 1. The van der Waals surface area contributed by atoms with Crippen LogP contribution in [0, 0.1) is 0 Å². The van der Waals surface area contributed by atoms with Crippen molar-refractivity contribution in [3.63, 3.8) is 0 Å². The third-order valence-corrected chi connectivity index (χ3v) is 4.04. The summed E-state index contributed by atoms with van der Waals surface area (Å²) < 4.78 is 0. The predicted octanol–water partition coefficient (Wildman–Crippen LogP) is 6.57. The van der Waals surface area contributed by atoms with Crippen molar-refractivity contribution in [2.24, 2.45) is 0 Å². The zero-order chi connectivity index (χ0) is 16.1. The van der Waals surface area contributed by atoms with E-state index < -0.39 is 0 Å². The van der Waals surface area contributed by atoms with E-state index in [9.17, 15) is 0 Å². The summed E-state index contributed by atoms with van der Waals surface area (Å²) in [6.07, 6.45) is 23.9. The molecule has 0 bridgehead atoms. The normalized spacial score (nSPS) is 11.5. The first kappa shape index (κ1) is 21.7. The Balaban J connectivity index is 3.02. The fourth-order valence-electron chi connectivity index (χ4n) is 2.62. The molecule has 0 aromatic carbocycles. The van der Waals surface area contributed by atoms with Gasteiger partial charge in [0.25, 0.3) is 0 Å². The van der Waals surface area contributed by atoms with E-state index in [1.54, 1.807) is 0 Å². The lowest BCUT2D eigenvalue weighted by Crippen LogP contribution is -2.15. The molecule has 1 N–H and O–H groups in total. The van der Waals surface area contributed by atoms with Gasteiger partial charge in [-0.3, -0.25) is 0 Å². The molecule has 132 valence electrons. The van der Waals surface area contributed by atoms with Crippen LogP contribution in [-0.4, -0.2) is 13.2 Å². The Morgan fingerprint density at radius 3 is 1.68 bits per heavy atom. The fourth-order valence-corrected chi connectivity index (χ4v) is 2.62. The molecule has 22 heavy (non-hydrogen) atoms. The first-order valence-corrected chi connectivity index (χ1v) is 9.91. The number of hydrogen-bond donors (Lipinski definition) is 1. The average molecular weight is 312 g/mol. The number of unbranched alkanes of at least 4 members (excludes halogenated alkanes) is 12. The molecule has 0 aromatic rings. The van der Waals surface area contributed by atoms with Crippen LogP contribution in [0.5, 0.6) is 0 Å². The third-order valence-electron chi connectivity index (χ3n) is 4.04. The van der Waals surface area contributed by atoms with Crippen molar-refractivity contribution in [2.45, 2.75) is 104 Å². The van der Waals surface area contributed by atoms with Crippen LogP contribution in [0.15, 0.2) is 12.2 Å². The van der Waals surface area contributed by atoms with E-state index in [2.05, 4.69) is 24.6 Å². The van der Waals surface area contributed by atoms with Crippen molar-refractivity contribution in [1.82, 2.24) is 5.48 Å². The van der Waals surface area contributed by atoms with Gasteiger partial charge in [-0.15, -0.1) is 0 Å².